The molecule has 0 fully saturated rings. The highest BCUT2D eigenvalue weighted by Gasteiger charge is 2.16. The van der Waals surface area contributed by atoms with Crippen molar-refractivity contribution < 1.29 is 8.42 Å². The van der Waals surface area contributed by atoms with Gasteiger partial charge in [-0.1, -0.05) is 13.8 Å². The third kappa shape index (κ3) is 4.14. The van der Waals surface area contributed by atoms with Crippen LogP contribution in [-0.2, 0) is 23.1 Å². The number of H-pyrrole nitrogens is 1. The van der Waals surface area contributed by atoms with Gasteiger partial charge >= 0.3 is 0 Å². The number of hydrogen-bond acceptors (Lipinski definition) is 5. The topological polar surface area (TPSA) is 86.9 Å². The van der Waals surface area contributed by atoms with Gasteiger partial charge < -0.3 is 10.3 Å². The van der Waals surface area contributed by atoms with E-state index >= 15 is 0 Å². The average molecular weight is 314 g/mol. The van der Waals surface area contributed by atoms with Crippen molar-refractivity contribution in [3.05, 3.63) is 35.2 Å². The van der Waals surface area contributed by atoms with Crippen LogP contribution in [0, 0.1) is 0 Å². The first-order chi connectivity index (χ1) is 9.47. The number of rotatable bonds is 7. The lowest BCUT2D eigenvalue weighted by atomic mass is 10.4. The summed E-state index contributed by atoms with van der Waals surface area (Å²) in [5, 5.41) is 3.26. The van der Waals surface area contributed by atoms with Crippen molar-refractivity contribution in [1.82, 2.24) is 20.0 Å². The van der Waals surface area contributed by atoms with Gasteiger partial charge in [0, 0.05) is 29.4 Å². The Kier molecular flexibility index (Phi) is 4.92. The van der Waals surface area contributed by atoms with Gasteiger partial charge in [0.1, 0.15) is 4.21 Å². The van der Waals surface area contributed by atoms with Crippen LogP contribution in [0.2, 0.25) is 0 Å². The van der Waals surface area contributed by atoms with Gasteiger partial charge in [0.15, 0.2) is 0 Å². The molecule has 0 saturated heterocycles. The average Bonchev–Trinajstić information content (AvgIpc) is 3.05. The van der Waals surface area contributed by atoms with E-state index in [4.69, 9.17) is 0 Å². The van der Waals surface area contributed by atoms with Crippen LogP contribution in [-0.4, -0.2) is 24.4 Å². The van der Waals surface area contributed by atoms with E-state index in [0.717, 1.165) is 10.6 Å². The number of imidazole rings is 1. The first-order valence-corrected chi connectivity index (χ1v) is 8.56. The summed E-state index contributed by atoms with van der Waals surface area (Å²) in [4.78, 5) is 7.70. The summed E-state index contributed by atoms with van der Waals surface area (Å²) in [7, 11) is -3.46. The fraction of sp³-hybridized carbons (Fsp3) is 0.417. The maximum atomic E-state index is 12.1. The van der Waals surface area contributed by atoms with Crippen molar-refractivity contribution >= 4 is 21.4 Å². The second kappa shape index (κ2) is 6.49. The summed E-state index contributed by atoms with van der Waals surface area (Å²) in [5.74, 6) is 0. The minimum absolute atomic E-state index is 0.208. The lowest BCUT2D eigenvalue weighted by molar-refractivity contribution is 0.582. The van der Waals surface area contributed by atoms with Gasteiger partial charge in [-0.3, -0.25) is 0 Å². The Morgan fingerprint density at radius 2 is 2.15 bits per heavy atom. The maximum absolute atomic E-state index is 12.1. The zero-order valence-electron chi connectivity index (χ0n) is 11.4. The van der Waals surface area contributed by atoms with Crippen molar-refractivity contribution in [2.45, 2.75) is 37.2 Å². The smallest absolute Gasteiger partial charge is 0.250 e. The molecule has 0 aliphatic carbocycles. The summed E-state index contributed by atoms with van der Waals surface area (Å²) in [5.41, 5.74) is 0.729. The molecule has 0 aromatic carbocycles. The van der Waals surface area contributed by atoms with Gasteiger partial charge in [0.25, 0.3) is 0 Å². The Balaban J connectivity index is 1.98. The highest BCUT2D eigenvalue weighted by Crippen LogP contribution is 2.21. The minimum atomic E-state index is -3.46. The Labute approximate surface area is 122 Å². The molecule has 3 N–H and O–H groups in total. The Morgan fingerprint density at radius 1 is 1.35 bits per heavy atom. The monoisotopic (exact) mass is 314 g/mol. The Hall–Kier alpha value is -1.22. The standard InChI is InChI=1S/C12H18N4O2S2/c1-9(2)14-7-11-3-4-12(19-11)20(17,18)16-6-10-5-13-8-15-10/h3-5,8-9,14,16H,6-7H2,1-2H3,(H,13,15). The van der Waals surface area contributed by atoms with Gasteiger partial charge in [0.05, 0.1) is 12.9 Å². The highest BCUT2D eigenvalue weighted by molar-refractivity contribution is 7.91. The third-order valence-corrected chi connectivity index (χ3v) is 5.57. The Morgan fingerprint density at radius 3 is 2.80 bits per heavy atom. The fourth-order valence-corrected chi connectivity index (χ4v) is 3.89. The molecule has 0 bridgehead atoms. The molecular formula is C12H18N4O2S2. The van der Waals surface area contributed by atoms with E-state index in [1.165, 1.54) is 17.7 Å². The number of thiophene rings is 1. The lowest BCUT2D eigenvalue weighted by Gasteiger charge is -2.05. The predicted octanol–water partition coefficient (Wildman–Crippen LogP) is 1.45. The van der Waals surface area contributed by atoms with Crippen LogP contribution in [0.25, 0.3) is 0 Å². The summed E-state index contributed by atoms with van der Waals surface area (Å²) >= 11 is 1.28. The van der Waals surface area contributed by atoms with Crippen molar-refractivity contribution in [2.24, 2.45) is 0 Å². The molecule has 6 nitrogen and oxygen atoms in total. The molecule has 0 amide bonds. The molecule has 20 heavy (non-hydrogen) atoms. The van der Waals surface area contributed by atoms with E-state index < -0.39 is 10.0 Å². The molecule has 0 unspecified atom stereocenters. The normalized spacial score (nSPS) is 12.2. The fourth-order valence-electron chi connectivity index (χ4n) is 1.53. The van der Waals surface area contributed by atoms with E-state index in [2.05, 4.69) is 33.9 Å². The largest absolute Gasteiger partial charge is 0.347 e. The van der Waals surface area contributed by atoms with Gasteiger partial charge in [0.2, 0.25) is 10.0 Å². The molecule has 8 heteroatoms. The SMILES string of the molecule is CC(C)NCc1ccc(S(=O)(=O)NCc2cnc[nH]2)s1. The van der Waals surface area contributed by atoms with Gasteiger partial charge in [-0.2, -0.15) is 0 Å². The molecule has 2 aromatic heterocycles. The summed E-state index contributed by atoms with van der Waals surface area (Å²) < 4.78 is 27.1. The number of aromatic nitrogens is 2. The second-order valence-electron chi connectivity index (χ2n) is 4.66. The first kappa shape index (κ1) is 15.2. The van der Waals surface area contributed by atoms with Crippen molar-refractivity contribution in [3.63, 3.8) is 0 Å². The summed E-state index contributed by atoms with van der Waals surface area (Å²) in [6, 6.07) is 3.85. The van der Waals surface area contributed by atoms with Gasteiger partial charge in [-0.05, 0) is 12.1 Å². The number of hydrogen-bond donors (Lipinski definition) is 3. The molecule has 0 aliphatic heterocycles. The van der Waals surface area contributed by atoms with E-state index in [1.807, 2.05) is 6.07 Å². The summed E-state index contributed by atoms with van der Waals surface area (Å²) in [6.45, 7) is 4.99. The third-order valence-electron chi connectivity index (χ3n) is 2.59. The summed E-state index contributed by atoms with van der Waals surface area (Å²) in [6.07, 6.45) is 3.11. The van der Waals surface area contributed by atoms with Crippen molar-refractivity contribution in [3.8, 4) is 0 Å². The maximum Gasteiger partial charge on any atom is 0.250 e. The molecule has 0 aliphatic rings. The van der Waals surface area contributed by atoms with Crippen LogP contribution in [0.15, 0.2) is 28.9 Å². The number of nitrogens with one attached hydrogen (secondary N) is 3. The molecular weight excluding hydrogens is 296 g/mol. The molecule has 110 valence electrons. The first-order valence-electron chi connectivity index (χ1n) is 6.26. The molecule has 0 atom stereocenters. The van der Waals surface area contributed by atoms with Crippen LogP contribution in [0.4, 0.5) is 0 Å². The Bertz CT molecular complexity index is 632. The minimum Gasteiger partial charge on any atom is -0.347 e. The van der Waals surface area contributed by atoms with E-state index in [1.54, 1.807) is 12.3 Å². The second-order valence-corrected chi connectivity index (χ2v) is 7.82. The van der Waals surface area contributed by atoms with Crippen LogP contribution in [0.1, 0.15) is 24.4 Å². The zero-order valence-corrected chi connectivity index (χ0v) is 13.0. The van der Waals surface area contributed by atoms with Crippen LogP contribution in [0.5, 0.6) is 0 Å². The van der Waals surface area contributed by atoms with E-state index in [-0.39, 0.29) is 6.54 Å². The number of nitrogens with zero attached hydrogens (tertiary/aromatic N) is 1. The molecule has 0 spiro atoms. The zero-order chi connectivity index (χ0) is 14.6. The van der Waals surface area contributed by atoms with Crippen LogP contribution in [0.3, 0.4) is 0 Å². The van der Waals surface area contributed by atoms with Crippen molar-refractivity contribution in [1.29, 1.82) is 0 Å². The quantitative estimate of drug-likeness (QED) is 0.722. The lowest BCUT2D eigenvalue weighted by Crippen LogP contribution is -2.22. The van der Waals surface area contributed by atoms with E-state index in [0.29, 0.717) is 16.8 Å². The number of sulfonamides is 1. The van der Waals surface area contributed by atoms with Crippen LogP contribution >= 0.6 is 11.3 Å². The van der Waals surface area contributed by atoms with Crippen LogP contribution < -0.4 is 10.0 Å². The molecule has 2 aromatic rings. The molecule has 0 radical (unpaired) electrons. The van der Waals surface area contributed by atoms with Gasteiger partial charge in [-0.25, -0.2) is 18.1 Å². The molecule has 2 heterocycles. The van der Waals surface area contributed by atoms with Gasteiger partial charge in [-0.15, -0.1) is 11.3 Å². The molecule has 0 saturated carbocycles. The highest BCUT2D eigenvalue weighted by atomic mass is 32.2. The predicted molar refractivity (Wildman–Crippen MR) is 78.9 cm³/mol. The molecule has 2 rings (SSSR count). The number of aromatic amines is 1. The van der Waals surface area contributed by atoms with Crippen molar-refractivity contribution in [2.75, 3.05) is 0 Å². The van der Waals surface area contributed by atoms with E-state index in [9.17, 15) is 8.42 Å².